The van der Waals surface area contributed by atoms with Gasteiger partial charge in [0.2, 0.25) is 15.9 Å². The Hall–Kier alpha value is -2.55. The summed E-state index contributed by atoms with van der Waals surface area (Å²) in [7, 11) is -3.93. The fourth-order valence-corrected chi connectivity index (χ4v) is 6.81. The second-order valence-corrected chi connectivity index (χ2v) is 10.7. The van der Waals surface area contributed by atoms with Gasteiger partial charge >= 0.3 is 0 Å². The van der Waals surface area contributed by atoms with Crippen LogP contribution in [0.2, 0.25) is 0 Å². The van der Waals surface area contributed by atoms with Gasteiger partial charge in [0.1, 0.15) is 6.04 Å². The molecule has 2 heterocycles. The van der Waals surface area contributed by atoms with E-state index in [0.717, 1.165) is 33.4 Å². The highest BCUT2D eigenvalue weighted by atomic mass is 32.2. The molecule has 1 aromatic heterocycles. The van der Waals surface area contributed by atoms with Gasteiger partial charge < -0.3 is 5.32 Å². The zero-order valence-electron chi connectivity index (χ0n) is 18.0. The first-order chi connectivity index (χ1) is 14.7. The van der Waals surface area contributed by atoms with Gasteiger partial charge in [-0.1, -0.05) is 30.3 Å². The number of benzene rings is 2. The van der Waals surface area contributed by atoms with Crippen molar-refractivity contribution in [2.45, 2.75) is 51.6 Å². The third kappa shape index (κ3) is 3.91. The molecule has 1 atom stereocenters. The van der Waals surface area contributed by atoms with Gasteiger partial charge in [0.15, 0.2) is 5.13 Å². The first-order valence-corrected chi connectivity index (χ1v) is 12.4. The van der Waals surface area contributed by atoms with E-state index in [2.05, 4.69) is 10.3 Å². The van der Waals surface area contributed by atoms with Crippen LogP contribution in [0, 0.1) is 27.7 Å². The molecule has 0 fully saturated rings. The number of rotatable bonds is 4. The van der Waals surface area contributed by atoms with E-state index in [1.54, 1.807) is 11.6 Å². The number of nitrogens with one attached hydrogen (secondary N) is 1. The van der Waals surface area contributed by atoms with E-state index in [4.69, 9.17) is 0 Å². The van der Waals surface area contributed by atoms with Crippen molar-refractivity contribution < 1.29 is 13.2 Å². The lowest BCUT2D eigenvalue weighted by Gasteiger charge is -2.35. The van der Waals surface area contributed by atoms with Crippen LogP contribution in [0.4, 0.5) is 5.13 Å². The molecular formula is C23H25N3O3S2. The fourth-order valence-electron chi connectivity index (χ4n) is 4.13. The quantitative estimate of drug-likeness (QED) is 0.642. The second-order valence-electron chi connectivity index (χ2n) is 7.95. The van der Waals surface area contributed by atoms with E-state index in [1.807, 2.05) is 58.0 Å². The molecule has 1 amide bonds. The summed E-state index contributed by atoms with van der Waals surface area (Å²) in [6.45, 7) is 7.65. The summed E-state index contributed by atoms with van der Waals surface area (Å²) < 4.78 is 29.3. The topological polar surface area (TPSA) is 79.4 Å². The maximum absolute atomic E-state index is 14.0. The van der Waals surface area contributed by atoms with Crippen LogP contribution in [0.1, 0.15) is 33.4 Å². The van der Waals surface area contributed by atoms with E-state index < -0.39 is 16.1 Å². The highest BCUT2D eigenvalue weighted by Crippen LogP contribution is 2.34. The maximum Gasteiger partial charge on any atom is 0.244 e. The standard InChI is InChI=1S/C23H25N3O3S2/c1-14-11-15(2)17(4)21(16(14)3)31(28,29)26-13-19-8-6-5-7-18(19)12-20(26)22(27)25-23-24-9-10-30-23/h5-11,20H,12-13H2,1-4H3,(H,24,25,27)/t20-/m0/s1. The zero-order valence-corrected chi connectivity index (χ0v) is 19.6. The number of fused-ring (bicyclic) bond motifs is 1. The number of carbonyl (C=O) groups is 1. The average Bonchev–Trinajstić information content (AvgIpc) is 3.24. The molecule has 0 aliphatic carbocycles. The average molecular weight is 456 g/mol. The van der Waals surface area contributed by atoms with Crippen molar-refractivity contribution in [1.29, 1.82) is 0 Å². The van der Waals surface area contributed by atoms with Gasteiger partial charge in [-0.3, -0.25) is 4.79 Å². The zero-order chi connectivity index (χ0) is 22.3. The Balaban J connectivity index is 1.82. The number of amides is 1. The van der Waals surface area contributed by atoms with E-state index >= 15 is 0 Å². The Labute approximate surface area is 187 Å². The third-order valence-electron chi connectivity index (χ3n) is 6.03. The molecule has 162 valence electrons. The van der Waals surface area contributed by atoms with Crippen LogP contribution >= 0.6 is 11.3 Å². The number of aromatic nitrogens is 1. The molecule has 0 radical (unpaired) electrons. The minimum Gasteiger partial charge on any atom is -0.301 e. The van der Waals surface area contributed by atoms with Gasteiger partial charge in [0.25, 0.3) is 0 Å². The van der Waals surface area contributed by atoms with Crippen molar-refractivity contribution >= 4 is 32.4 Å². The second kappa shape index (κ2) is 8.18. The van der Waals surface area contributed by atoms with E-state index in [9.17, 15) is 13.2 Å². The molecule has 2 aromatic carbocycles. The van der Waals surface area contributed by atoms with Crippen molar-refractivity contribution in [1.82, 2.24) is 9.29 Å². The molecule has 6 nitrogen and oxygen atoms in total. The van der Waals surface area contributed by atoms with Crippen molar-refractivity contribution in [3.05, 3.63) is 75.3 Å². The van der Waals surface area contributed by atoms with Crippen LogP contribution in [-0.4, -0.2) is 29.7 Å². The molecule has 1 N–H and O–H groups in total. The Bertz CT molecular complexity index is 1230. The van der Waals surface area contributed by atoms with Gasteiger partial charge in [-0.15, -0.1) is 11.3 Å². The van der Waals surface area contributed by atoms with Crippen LogP contribution in [0.3, 0.4) is 0 Å². The molecule has 31 heavy (non-hydrogen) atoms. The lowest BCUT2D eigenvalue weighted by molar-refractivity contribution is -0.120. The van der Waals surface area contributed by atoms with Crippen LogP contribution in [0.25, 0.3) is 0 Å². The third-order valence-corrected chi connectivity index (χ3v) is 8.85. The number of anilines is 1. The van der Waals surface area contributed by atoms with Gasteiger partial charge in [-0.25, -0.2) is 13.4 Å². The number of nitrogens with zero attached hydrogens (tertiary/aromatic N) is 2. The molecular weight excluding hydrogens is 430 g/mol. The van der Waals surface area contributed by atoms with Gasteiger partial charge in [0.05, 0.1) is 4.90 Å². The Morgan fingerprint density at radius 2 is 1.74 bits per heavy atom. The molecule has 4 rings (SSSR count). The normalized spacial score (nSPS) is 16.7. The SMILES string of the molecule is Cc1cc(C)c(C)c(S(=O)(=O)N2Cc3ccccc3C[C@H]2C(=O)Nc2nccs2)c1C. The van der Waals surface area contributed by atoms with E-state index in [0.29, 0.717) is 16.4 Å². The van der Waals surface area contributed by atoms with E-state index in [1.165, 1.54) is 15.6 Å². The minimum absolute atomic E-state index is 0.153. The van der Waals surface area contributed by atoms with Gasteiger partial charge in [-0.2, -0.15) is 4.31 Å². The van der Waals surface area contributed by atoms with Crippen LogP contribution in [-0.2, 0) is 27.8 Å². The predicted molar refractivity (Wildman–Crippen MR) is 123 cm³/mol. The smallest absolute Gasteiger partial charge is 0.244 e. The lowest BCUT2D eigenvalue weighted by atomic mass is 9.95. The van der Waals surface area contributed by atoms with Crippen LogP contribution in [0.15, 0.2) is 46.8 Å². The van der Waals surface area contributed by atoms with Crippen molar-refractivity contribution in [2.75, 3.05) is 5.32 Å². The summed E-state index contributed by atoms with van der Waals surface area (Å²) in [5, 5.41) is 5.02. The predicted octanol–water partition coefficient (Wildman–Crippen LogP) is 4.13. The number of carbonyl (C=O) groups excluding carboxylic acids is 1. The molecule has 0 saturated heterocycles. The Morgan fingerprint density at radius 3 is 2.35 bits per heavy atom. The van der Waals surface area contributed by atoms with Crippen molar-refractivity contribution in [2.24, 2.45) is 0 Å². The van der Waals surface area contributed by atoms with Crippen LogP contribution < -0.4 is 5.32 Å². The summed E-state index contributed by atoms with van der Waals surface area (Å²) in [4.78, 5) is 17.6. The van der Waals surface area contributed by atoms with Gasteiger partial charge in [0, 0.05) is 18.1 Å². The molecule has 1 aliphatic rings. The molecule has 0 saturated carbocycles. The monoisotopic (exact) mass is 455 g/mol. The highest BCUT2D eigenvalue weighted by Gasteiger charge is 2.41. The first-order valence-electron chi connectivity index (χ1n) is 10.1. The number of hydrogen-bond acceptors (Lipinski definition) is 5. The largest absolute Gasteiger partial charge is 0.301 e. The van der Waals surface area contributed by atoms with Crippen molar-refractivity contribution in [3.8, 4) is 0 Å². The minimum atomic E-state index is -3.93. The highest BCUT2D eigenvalue weighted by molar-refractivity contribution is 7.89. The molecule has 0 unspecified atom stereocenters. The summed E-state index contributed by atoms with van der Waals surface area (Å²) in [6, 6.07) is 8.83. The number of aryl methyl sites for hydroxylation is 2. The van der Waals surface area contributed by atoms with Gasteiger partial charge in [-0.05, 0) is 67.5 Å². The summed E-state index contributed by atoms with van der Waals surface area (Å²) in [5.74, 6) is -0.368. The Morgan fingerprint density at radius 1 is 1.10 bits per heavy atom. The maximum atomic E-state index is 14.0. The lowest BCUT2D eigenvalue weighted by Crippen LogP contribution is -2.50. The summed E-state index contributed by atoms with van der Waals surface area (Å²) >= 11 is 1.30. The number of hydrogen-bond donors (Lipinski definition) is 1. The van der Waals surface area contributed by atoms with E-state index in [-0.39, 0.29) is 12.5 Å². The van der Waals surface area contributed by atoms with Crippen LogP contribution in [0.5, 0.6) is 0 Å². The first kappa shape index (κ1) is 21.7. The molecule has 0 bridgehead atoms. The van der Waals surface area contributed by atoms with Crippen molar-refractivity contribution in [3.63, 3.8) is 0 Å². The Kier molecular flexibility index (Phi) is 5.72. The molecule has 3 aromatic rings. The summed E-state index contributed by atoms with van der Waals surface area (Å²) in [6.07, 6.45) is 1.92. The number of sulfonamides is 1. The summed E-state index contributed by atoms with van der Waals surface area (Å²) in [5.41, 5.74) is 5.19. The molecule has 1 aliphatic heterocycles. The number of thiazole rings is 1. The molecule has 8 heteroatoms. The fraction of sp³-hybridized carbons (Fsp3) is 0.304. The molecule has 0 spiro atoms.